The summed E-state index contributed by atoms with van der Waals surface area (Å²) >= 11 is 2.06. The number of rotatable bonds is 7. The minimum absolute atomic E-state index is 0.0852. The molecular weight excluding hydrogens is 432 g/mol. The molecule has 1 aromatic carbocycles. The number of carbonyl (C=O) groups is 1. The third kappa shape index (κ3) is 4.55. The smallest absolute Gasteiger partial charge is 0.294 e. The Morgan fingerprint density at radius 1 is 1.24 bits per heavy atom. The second kappa shape index (κ2) is 8.85. The van der Waals surface area contributed by atoms with E-state index < -0.39 is 10.0 Å². The van der Waals surface area contributed by atoms with Crippen molar-refractivity contribution in [1.82, 2.24) is 4.90 Å². The first-order valence-electron chi connectivity index (χ1n) is 8.32. The molecule has 2 aromatic rings. The van der Waals surface area contributed by atoms with E-state index in [2.05, 4.69) is 11.0 Å². The van der Waals surface area contributed by atoms with Gasteiger partial charge >= 0.3 is 0 Å². The summed E-state index contributed by atoms with van der Waals surface area (Å²) in [6.07, 6.45) is 3.16. The molecule has 29 heavy (non-hydrogen) atoms. The van der Waals surface area contributed by atoms with Crippen LogP contribution in [0.5, 0.6) is 11.5 Å². The highest BCUT2D eigenvalue weighted by molar-refractivity contribution is 8.19. The normalized spacial score (nSPS) is 17.2. The van der Waals surface area contributed by atoms with E-state index in [-0.39, 0.29) is 21.8 Å². The fourth-order valence-electron chi connectivity index (χ4n) is 2.50. The van der Waals surface area contributed by atoms with Gasteiger partial charge in [0.25, 0.3) is 15.9 Å². The number of amides is 1. The standard InChI is InChI=1S/C19H18N2O5S3/c1-4-9-21-18(22)16(11-13-7-8-14(25-2)12-15(13)26-3)28-19(21)20-29(23,24)17-6-5-10-27-17/h4-8,10-12H,1,9H2,2-3H3/b16-11-,20-19+. The van der Waals surface area contributed by atoms with Crippen LogP contribution < -0.4 is 9.47 Å². The van der Waals surface area contributed by atoms with Gasteiger partial charge in [-0.1, -0.05) is 12.1 Å². The topological polar surface area (TPSA) is 85.3 Å². The third-order valence-corrected chi connectivity index (χ3v) is 7.64. The zero-order valence-electron chi connectivity index (χ0n) is 15.7. The SMILES string of the molecule is C=CCN1C(=O)/C(=C/c2ccc(OC)cc2OC)S/C1=N/S(=O)(=O)c1cccs1. The quantitative estimate of drug-likeness (QED) is 0.473. The van der Waals surface area contributed by atoms with Gasteiger partial charge in [0, 0.05) is 18.2 Å². The van der Waals surface area contributed by atoms with Crippen LogP contribution in [0.4, 0.5) is 0 Å². The molecule has 2 heterocycles. The van der Waals surface area contributed by atoms with Crippen molar-refractivity contribution < 1.29 is 22.7 Å². The van der Waals surface area contributed by atoms with Gasteiger partial charge in [-0.15, -0.1) is 22.3 Å². The van der Waals surface area contributed by atoms with Crippen LogP contribution in [0, 0.1) is 0 Å². The van der Waals surface area contributed by atoms with Gasteiger partial charge in [-0.2, -0.15) is 8.42 Å². The van der Waals surface area contributed by atoms with E-state index >= 15 is 0 Å². The van der Waals surface area contributed by atoms with Gasteiger partial charge in [0.1, 0.15) is 15.7 Å². The van der Waals surface area contributed by atoms with Crippen LogP contribution in [0.15, 0.2) is 61.9 Å². The Hall–Kier alpha value is -2.56. The van der Waals surface area contributed by atoms with Crippen LogP contribution >= 0.6 is 23.1 Å². The predicted molar refractivity (Wildman–Crippen MR) is 116 cm³/mol. The maximum absolute atomic E-state index is 12.9. The summed E-state index contributed by atoms with van der Waals surface area (Å²) in [4.78, 5) is 14.5. The molecule has 0 aliphatic carbocycles. The number of hydrogen-bond donors (Lipinski definition) is 0. The number of methoxy groups -OCH3 is 2. The summed E-state index contributed by atoms with van der Waals surface area (Å²) in [5, 5.41) is 1.74. The van der Waals surface area contributed by atoms with Gasteiger partial charge in [-0.25, -0.2) is 0 Å². The van der Waals surface area contributed by atoms with Crippen molar-refractivity contribution in [3.8, 4) is 11.5 Å². The van der Waals surface area contributed by atoms with Crippen molar-refractivity contribution in [2.75, 3.05) is 20.8 Å². The summed E-state index contributed by atoms with van der Waals surface area (Å²) < 4.78 is 39.6. The average molecular weight is 451 g/mol. The Kier molecular flexibility index (Phi) is 6.46. The van der Waals surface area contributed by atoms with E-state index in [1.54, 1.807) is 42.8 Å². The highest BCUT2D eigenvalue weighted by Crippen LogP contribution is 2.36. The van der Waals surface area contributed by atoms with Crippen molar-refractivity contribution in [3.05, 3.63) is 58.8 Å². The molecule has 1 aromatic heterocycles. The summed E-state index contributed by atoms with van der Waals surface area (Å²) in [5.74, 6) is 0.789. The molecule has 10 heteroatoms. The van der Waals surface area contributed by atoms with Crippen molar-refractivity contribution >= 4 is 50.3 Å². The van der Waals surface area contributed by atoms with Crippen LogP contribution in [0.1, 0.15) is 5.56 Å². The lowest BCUT2D eigenvalue weighted by Gasteiger charge is -2.12. The fourth-order valence-corrected chi connectivity index (χ4v) is 5.65. The molecule has 1 saturated heterocycles. The van der Waals surface area contributed by atoms with Crippen molar-refractivity contribution in [1.29, 1.82) is 0 Å². The lowest BCUT2D eigenvalue weighted by Crippen LogP contribution is -2.29. The Balaban J connectivity index is 2.01. The van der Waals surface area contributed by atoms with Crippen molar-refractivity contribution in [3.63, 3.8) is 0 Å². The van der Waals surface area contributed by atoms with E-state index in [1.807, 2.05) is 0 Å². The minimum atomic E-state index is -3.90. The molecule has 1 aliphatic rings. The highest BCUT2D eigenvalue weighted by atomic mass is 32.2. The van der Waals surface area contributed by atoms with Crippen LogP contribution in [0.3, 0.4) is 0 Å². The number of ether oxygens (including phenoxy) is 2. The molecule has 0 bridgehead atoms. The molecule has 1 fully saturated rings. The largest absolute Gasteiger partial charge is 0.497 e. The van der Waals surface area contributed by atoms with Crippen LogP contribution in [-0.4, -0.2) is 45.2 Å². The number of thioether (sulfide) groups is 1. The first-order chi connectivity index (χ1) is 13.9. The number of sulfonamides is 1. The van der Waals surface area contributed by atoms with Gasteiger partial charge in [-0.3, -0.25) is 9.69 Å². The molecule has 0 spiro atoms. The molecule has 1 aliphatic heterocycles. The van der Waals surface area contributed by atoms with Gasteiger partial charge in [0.15, 0.2) is 5.17 Å². The molecule has 0 unspecified atom stereocenters. The minimum Gasteiger partial charge on any atom is -0.497 e. The lowest BCUT2D eigenvalue weighted by molar-refractivity contribution is -0.121. The average Bonchev–Trinajstić information content (AvgIpc) is 3.34. The molecule has 0 saturated carbocycles. The zero-order chi connectivity index (χ0) is 21.0. The van der Waals surface area contributed by atoms with E-state index in [1.165, 1.54) is 24.2 Å². The monoisotopic (exact) mass is 450 g/mol. The fraction of sp³-hybridized carbons (Fsp3) is 0.158. The van der Waals surface area contributed by atoms with Gasteiger partial charge in [0.05, 0.1) is 19.1 Å². The predicted octanol–water partition coefficient (Wildman–Crippen LogP) is 3.61. The van der Waals surface area contributed by atoms with E-state index in [4.69, 9.17) is 9.47 Å². The molecule has 0 N–H and O–H groups in total. The number of hydrogen-bond acceptors (Lipinski definition) is 7. The first kappa shape index (κ1) is 21.2. The second-order valence-corrected chi connectivity index (χ2v) is 9.49. The van der Waals surface area contributed by atoms with Gasteiger partial charge < -0.3 is 9.47 Å². The molecule has 1 amide bonds. The molecule has 3 rings (SSSR count). The third-order valence-electron chi connectivity index (χ3n) is 3.87. The lowest BCUT2D eigenvalue weighted by atomic mass is 10.1. The van der Waals surface area contributed by atoms with Crippen LogP contribution in [0.25, 0.3) is 6.08 Å². The van der Waals surface area contributed by atoms with Gasteiger partial charge in [0.2, 0.25) is 0 Å². The maximum atomic E-state index is 12.9. The second-order valence-electron chi connectivity index (χ2n) is 5.70. The van der Waals surface area contributed by atoms with Crippen molar-refractivity contribution in [2.24, 2.45) is 4.40 Å². The van der Waals surface area contributed by atoms with Gasteiger partial charge in [-0.05, 0) is 41.4 Å². The Bertz CT molecular complexity index is 1090. The number of nitrogens with zero attached hydrogens (tertiary/aromatic N) is 2. The molecule has 0 radical (unpaired) electrons. The van der Waals surface area contributed by atoms with E-state index in [9.17, 15) is 13.2 Å². The summed E-state index contributed by atoms with van der Waals surface area (Å²) in [5.41, 5.74) is 0.657. The molecule has 152 valence electrons. The number of amidine groups is 1. The highest BCUT2D eigenvalue weighted by Gasteiger charge is 2.34. The number of thiophene rings is 1. The summed E-state index contributed by atoms with van der Waals surface area (Å²) in [6, 6.07) is 8.31. The Morgan fingerprint density at radius 3 is 2.66 bits per heavy atom. The molecular formula is C19H18N2O5S3. The Morgan fingerprint density at radius 2 is 2.03 bits per heavy atom. The van der Waals surface area contributed by atoms with Crippen LogP contribution in [0.2, 0.25) is 0 Å². The maximum Gasteiger partial charge on any atom is 0.294 e. The number of carbonyl (C=O) groups excluding carboxylic acids is 1. The summed E-state index contributed by atoms with van der Waals surface area (Å²) in [6.45, 7) is 3.78. The summed E-state index contributed by atoms with van der Waals surface area (Å²) in [7, 11) is -0.837. The van der Waals surface area contributed by atoms with Crippen molar-refractivity contribution in [2.45, 2.75) is 4.21 Å². The van der Waals surface area contributed by atoms with E-state index in [0.717, 1.165) is 23.1 Å². The Labute approximate surface area is 177 Å². The number of benzene rings is 1. The zero-order valence-corrected chi connectivity index (χ0v) is 18.1. The molecule has 7 nitrogen and oxygen atoms in total. The molecule has 0 atom stereocenters. The van der Waals surface area contributed by atoms with E-state index in [0.29, 0.717) is 22.0 Å². The van der Waals surface area contributed by atoms with Crippen LogP contribution in [-0.2, 0) is 14.8 Å². The first-order valence-corrected chi connectivity index (χ1v) is 11.5.